The lowest BCUT2D eigenvalue weighted by atomic mass is 9.98. The summed E-state index contributed by atoms with van der Waals surface area (Å²) in [5.74, 6) is 0.550. The number of aromatic nitrogens is 1. The largest absolute Gasteiger partial charge is 0.495 e. The van der Waals surface area contributed by atoms with Crippen molar-refractivity contribution >= 4 is 50.1 Å². The van der Waals surface area contributed by atoms with Crippen molar-refractivity contribution in [3.63, 3.8) is 0 Å². The van der Waals surface area contributed by atoms with Gasteiger partial charge in [0, 0.05) is 53.6 Å². The third kappa shape index (κ3) is 5.02. The number of pyridine rings is 1. The molecule has 4 aromatic carbocycles. The molecular formula is C34H30N4O4. The van der Waals surface area contributed by atoms with Crippen LogP contribution >= 0.6 is 0 Å². The highest BCUT2D eigenvalue weighted by atomic mass is 16.5. The van der Waals surface area contributed by atoms with Gasteiger partial charge in [-0.2, -0.15) is 0 Å². The van der Waals surface area contributed by atoms with Crippen molar-refractivity contribution in [2.75, 3.05) is 44.0 Å². The van der Waals surface area contributed by atoms with E-state index >= 15 is 0 Å². The van der Waals surface area contributed by atoms with E-state index in [2.05, 4.69) is 33.7 Å². The number of hydrogen-bond donors (Lipinski definition) is 2. The third-order valence-electron chi connectivity index (χ3n) is 7.74. The number of nitrogens with one attached hydrogen (secondary N) is 2. The van der Waals surface area contributed by atoms with Crippen molar-refractivity contribution in [1.82, 2.24) is 9.88 Å². The maximum absolute atomic E-state index is 13.2. The number of para-hydroxylation sites is 1. The monoisotopic (exact) mass is 558 g/mol. The summed E-state index contributed by atoms with van der Waals surface area (Å²) in [6.07, 6.45) is 1.93. The first-order chi connectivity index (χ1) is 20.7. The van der Waals surface area contributed by atoms with Crippen molar-refractivity contribution in [2.45, 2.75) is 6.54 Å². The number of nitrogens with zero attached hydrogens (tertiary/aromatic N) is 2. The number of carbonyl (C=O) groups is 1. The molecular weight excluding hydrogens is 528 g/mol. The summed E-state index contributed by atoms with van der Waals surface area (Å²) in [7, 11) is 1.59. The molecule has 0 bridgehead atoms. The van der Waals surface area contributed by atoms with Crippen LogP contribution in [0.15, 0.2) is 95.5 Å². The van der Waals surface area contributed by atoms with Crippen LogP contribution in [0.25, 0.3) is 43.8 Å². The number of rotatable bonds is 6. The maximum Gasteiger partial charge on any atom is 0.323 e. The molecule has 8 heteroatoms. The van der Waals surface area contributed by atoms with E-state index in [9.17, 15) is 4.79 Å². The van der Waals surface area contributed by atoms with Gasteiger partial charge in [-0.3, -0.25) is 9.88 Å². The molecule has 7 rings (SSSR count). The van der Waals surface area contributed by atoms with E-state index in [1.165, 1.54) is 0 Å². The predicted molar refractivity (Wildman–Crippen MR) is 166 cm³/mol. The molecule has 0 radical (unpaired) electrons. The van der Waals surface area contributed by atoms with Gasteiger partial charge in [-0.25, -0.2) is 4.79 Å². The molecule has 2 amide bonds. The van der Waals surface area contributed by atoms with Gasteiger partial charge in [0.05, 0.1) is 37.4 Å². The molecule has 3 heterocycles. The van der Waals surface area contributed by atoms with Gasteiger partial charge < -0.3 is 24.5 Å². The number of ether oxygens (including phenoxy) is 2. The third-order valence-corrected chi connectivity index (χ3v) is 7.74. The number of fused-ring (bicyclic) bond motifs is 4. The lowest BCUT2D eigenvalue weighted by Gasteiger charge is -2.26. The smallest absolute Gasteiger partial charge is 0.323 e. The summed E-state index contributed by atoms with van der Waals surface area (Å²) in [5.41, 5.74) is 5.79. The zero-order valence-electron chi connectivity index (χ0n) is 23.2. The van der Waals surface area contributed by atoms with E-state index in [1.54, 1.807) is 13.2 Å². The standard InChI is InChI=1S/C34H30N4O4/c1-40-33-18-28-27-8-4-5-9-31(27)42-32(28)19-30(33)37-34(39)36-29-13-12-24(25-6-2-3-7-26(25)29)22-10-11-23(35-20-22)21-38-14-16-41-17-15-38/h2-13,18-20H,14-17,21H2,1H3,(H2,36,37,39). The maximum atomic E-state index is 13.2. The van der Waals surface area contributed by atoms with Crippen LogP contribution in [-0.2, 0) is 11.3 Å². The quantitative estimate of drug-likeness (QED) is 0.223. The predicted octanol–water partition coefficient (Wildman–Crippen LogP) is 7.29. The van der Waals surface area contributed by atoms with Crippen LogP contribution in [0.4, 0.5) is 16.2 Å². The summed E-state index contributed by atoms with van der Waals surface area (Å²) in [6.45, 7) is 4.21. The fraction of sp³-hybridized carbons (Fsp3) is 0.176. The number of anilines is 2. The molecule has 0 saturated carbocycles. The first-order valence-corrected chi connectivity index (χ1v) is 14.0. The zero-order chi connectivity index (χ0) is 28.5. The summed E-state index contributed by atoms with van der Waals surface area (Å²) in [4.78, 5) is 20.3. The molecule has 8 nitrogen and oxygen atoms in total. The Kier molecular flexibility index (Phi) is 6.91. The summed E-state index contributed by atoms with van der Waals surface area (Å²) in [5, 5.41) is 9.85. The Bertz CT molecular complexity index is 1910. The number of carbonyl (C=O) groups excluding carboxylic acids is 1. The highest BCUT2D eigenvalue weighted by Crippen LogP contribution is 2.37. The van der Waals surface area contributed by atoms with Crippen molar-refractivity contribution in [2.24, 2.45) is 0 Å². The molecule has 1 aliphatic rings. The molecule has 210 valence electrons. The number of hydrogen-bond acceptors (Lipinski definition) is 6. The Morgan fingerprint density at radius 2 is 1.60 bits per heavy atom. The zero-order valence-corrected chi connectivity index (χ0v) is 23.2. The van der Waals surface area contributed by atoms with Crippen molar-refractivity contribution < 1.29 is 18.7 Å². The first-order valence-electron chi connectivity index (χ1n) is 14.0. The van der Waals surface area contributed by atoms with E-state index in [1.807, 2.05) is 66.9 Å². The van der Waals surface area contributed by atoms with E-state index in [4.69, 9.17) is 18.9 Å². The van der Waals surface area contributed by atoms with Crippen LogP contribution in [0.5, 0.6) is 5.75 Å². The molecule has 0 spiro atoms. The molecule has 0 unspecified atom stereocenters. The highest BCUT2D eigenvalue weighted by molar-refractivity contribution is 6.11. The number of amides is 2. The van der Waals surface area contributed by atoms with Gasteiger partial charge in [0.2, 0.25) is 0 Å². The van der Waals surface area contributed by atoms with Crippen LogP contribution in [0.1, 0.15) is 5.69 Å². The van der Waals surface area contributed by atoms with Crippen molar-refractivity contribution in [1.29, 1.82) is 0 Å². The van der Waals surface area contributed by atoms with Gasteiger partial charge in [-0.15, -0.1) is 0 Å². The second kappa shape index (κ2) is 11.2. The lowest BCUT2D eigenvalue weighted by Crippen LogP contribution is -2.35. The topological polar surface area (TPSA) is 88.9 Å². The molecule has 6 aromatic rings. The molecule has 0 aliphatic carbocycles. The summed E-state index contributed by atoms with van der Waals surface area (Å²) >= 11 is 0. The minimum Gasteiger partial charge on any atom is -0.495 e. The molecule has 2 aromatic heterocycles. The van der Waals surface area contributed by atoms with Gasteiger partial charge in [0.25, 0.3) is 0 Å². The normalized spacial score (nSPS) is 13.9. The van der Waals surface area contributed by atoms with Crippen LogP contribution < -0.4 is 15.4 Å². The average Bonchev–Trinajstić information content (AvgIpc) is 3.39. The summed E-state index contributed by atoms with van der Waals surface area (Å²) < 4.78 is 17.1. The second-order valence-corrected chi connectivity index (χ2v) is 10.4. The van der Waals surface area contributed by atoms with E-state index in [0.29, 0.717) is 22.7 Å². The van der Waals surface area contributed by atoms with E-state index in [0.717, 1.165) is 76.8 Å². The Labute approximate surface area is 242 Å². The van der Waals surface area contributed by atoms with Gasteiger partial charge in [0.1, 0.15) is 16.9 Å². The number of benzene rings is 4. The van der Waals surface area contributed by atoms with Crippen LogP contribution in [-0.4, -0.2) is 49.3 Å². The number of methoxy groups -OCH3 is 1. The number of urea groups is 1. The van der Waals surface area contributed by atoms with E-state index in [-0.39, 0.29) is 6.03 Å². The molecule has 42 heavy (non-hydrogen) atoms. The molecule has 2 N–H and O–H groups in total. The Hall–Kier alpha value is -4.92. The van der Waals surface area contributed by atoms with E-state index < -0.39 is 0 Å². The molecule has 1 aliphatic heterocycles. The van der Waals surface area contributed by atoms with Gasteiger partial charge in [-0.05, 0) is 35.2 Å². The van der Waals surface area contributed by atoms with Crippen LogP contribution in [0.3, 0.4) is 0 Å². The van der Waals surface area contributed by atoms with Crippen molar-refractivity contribution in [3.8, 4) is 16.9 Å². The fourth-order valence-electron chi connectivity index (χ4n) is 5.62. The van der Waals surface area contributed by atoms with Crippen LogP contribution in [0.2, 0.25) is 0 Å². The Morgan fingerprint density at radius 1 is 0.833 bits per heavy atom. The lowest BCUT2D eigenvalue weighted by molar-refractivity contribution is 0.0336. The Balaban J connectivity index is 1.13. The number of furan rings is 1. The molecule has 1 saturated heterocycles. The summed E-state index contributed by atoms with van der Waals surface area (Å²) in [6, 6.07) is 27.3. The van der Waals surface area contributed by atoms with Gasteiger partial charge in [-0.1, -0.05) is 54.6 Å². The van der Waals surface area contributed by atoms with Gasteiger partial charge >= 0.3 is 6.03 Å². The minimum atomic E-state index is -0.379. The van der Waals surface area contributed by atoms with Gasteiger partial charge in [0.15, 0.2) is 0 Å². The highest BCUT2D eigenvalue weighted by Gasteiger charge is 2.16. The molecule has 1 fully saturated rings. The number of morpholine rings is 1. The van der Waals surface area contributed by atoms with Crippen LogP contribution in [0, 0.1) is 0 Å². The minimum absolute atomic E-state index is 0.379. The first kappa shape index (κ1) is 26.0. The molecule has 0 atom stereocenters. The SMILES string of the molecule is COc1cc2c(cc1NC(=O)Nc1ccc(-c3ccc(CN4CCOCC4)nc3)c3ccccc13)oc1ccccc12. The van der Waals surface area contributed by atoms with Crippen molar-refractivity contribution in [3.05, 3.63) is 96.8 Å². The average molecular weight is 559 g/mol. The fourth-order valence-corrected chi connectivity index (χ4v) is 5.62. The second-order valence-electron chi connectivity index (χ2n) is 10.4. The Morgan fingerprint density at radius 3 is 2.38 bits per heavy atom.